The minimum atomic E-state index is 0.736. The van der Waals surface area contributed by atoms with Gasteiger partial charge in [0.15, 0.2) is 0 Å². The molecule has 2 rings (SSSR count). The van der Waals surface area contributed by atoms with E-state index in [1.54, 1.807) is 11.3 Å². The lowest BCUT2D eigenvalue weighted by Crippen LogP contribution is -2.15. The number of hydrogen-bond donors (Lipinski definition) is 1. The lowest BCUT2D eigenvalue weighted by atomic mass is 10.3. The van der Waals surface area contributed by atoms with Crippen molar-refractivity contribution in [2.24, 2.45) is 10.9 Å². The average Bonchev–Trinajstić information content (AvgIpc) is 2.58. The van der Waals surface area contributed by atoms with Crippen molar-refractivity contribution in [1.82, 2.24) is 4.57 Å². The van der Waals surface area contributed by atoms with Gasteiger partial charge in [0, 0.05) is 6.54 Å². The number of nitrogens with zero attached hydrogens (tertiary/aromatic N) is 2. The van der Waals surface area contributed by atoms with Crippen molar-refractivity contribution in [3.8, 4) is 0 Å². The van der Waals surface area contributed by atoms with Gasteiger partial charge in [0.05, 0.1) is 10.2 Å². The van der Waals surface area contributed by atoms with Crippen LogP contribution < -0.4 is 10.6 Å². The Kier molecular flexibility index (Phi) is 2.37. The molecule has 0 radical (unpaired) electrons. The van der Waals surface area contributed by atoms with Crippen LogP contribution in [0.5, 0.6) is 0 Å². The minimum absolute atomic E-state index is 0.736. The van der Waals surface area contributed by atoms with E-state index in [1.165, 1.54) is 4.70 Å². The van der Waals surface area contributed by atoms with Gasteiger partial charge in [0.1, 0.15) is 0 Å². The predicted molar refractivity (Wildman–Crippen MR) is 59.8 cm³/mol. The second-order valence-electron chi connectivity index (χ2n) is 2.88. The van der Waals surface area contributed by atoms with E-state index in [0.717, 1.165) is 16.9 Å². The number of hydrogen-bond acceptors (Lipinski definition) is 3. The largest absolute Gasteiger partial charge is 0.320 e. The van der Waals surface area contributed by atoms with Crippen LogP contribution in [-0.2, 0) is 6.54 Å². The Morgan fingerprint density at radius 2 is 2.29 bits per heavy atom. The number of para-hydroxylation sites is 1. The molecule has 0 saturated heterocycles. The second kappa shape index (κ2) is 3.67. The summed E-state index contributed by atoms with van der Waals surface area (Å²) in [6, 6.07) is 8.14. The standard InChI is InChI=1S/C10H11N3S/c1-2-7-13-8-5-3-4-6-9(8)14-10(13)12-11/h2-6H,1,7,11H2. The fourth-order valence-corrected chi connectivity index (χ4v) is 2.39. The van der Waals surface area contributed by atoms with Crippen molar-refractivity contribution >= 4 is 21.6 Å². The molecule has 0 aliphatic carbocycles. The summed E-state index contributed by atoms with van der Waals surface area (Å²) in [5, 5.41) is 3.76. The first-order valence-electron chi connectivity index (χ1n) is 4.30. The Bertz CT molecular complexity index is 521. The highest BCUT2D eigenvalue weighted by molar-refractivity contribution is 7.16. The number of thiazole rings is 1. The molecule has 1 aromatic heterocycles. The van der Waals surface area contributed by atoms with Crippen LogP contribution in [0.1, 0.15) is 0 Å². The van der Waals surface area contributed by atoms with E-state index < -0.39 is 0 Å². The number of aromatic nitrogens is 1. The van der Waals surface area contributed by atoms with Crippen molar-refractivity contribution in [2.75, 3.05) is 0 Å². The molecule has 0 aliphatic rings. The summed E-state index contributed by atoms with van der Waals surface area (Å²) in [7, 11) is 0. The van der Waals surface area contributed by atoms with Crippen molar-refractivity contribution in [3.63, 3.8) is 0 Å². The predicted octanol–water partition coefficient (Wildman–Crippen LogP) is 1.66. The van der Waals surface area contributed by atoms with Crippen LogP contribution in [-0.4, -0.2) is 4.57 Å². The van der Waals surface area contributed by atoms with Gasteiger partial charge < -0.3 is 10.4 Å². The Balaban J connectivity index is 2.81. The van der Waals surface area contributed by atoms with E-state index in [9.17, 15) is 0 Å². The third-order valence-electron chi connectivity index (χ3n) is 2.01. The quantitative estimate of drug-likeness (QED) is 0.452. The Labute approximate surface area is 85.8 Å². The number of allylic oxidation sites excluding steroid dienone is 1. The van der Waals surface area contributed by atoms with Gasteiger partial charge in [-0.25, -0.2) is 0 Å². The molecular weight excluding hydrogens is 194 g/mol. The van der Waals surface area contributed by atoms with Crippen molar-refractivity contribution < 1.29 is 0 Å². The first-order chi connectivity index (χ1) is 6.86. The van der Waals surface area contributed by atoms with E-state index in [1.807, 2.05) is 22.8 Å². The molecule has 72 valence electrons. The van der Waals surface area contributed by atoms with Crippen LogP contribution in [0.25, 0.3) is 10.2 Å². The lowest BCUT2D eigenvalue weighted by molar-refractivity contribution is 0.810. The zero-order valence-corrected chi connectivity index (χ0v) is 8.50. The van der Waals surface area contributed by atoms with Gasteiger partial charge in [-0.3, -0.25) is 0 Å². The molecule has 0 spiro atoms. The monoisotopic (exact) mass is 205 g/mol. The Morgan fingerprint density at radius 3 is 3.00 bits per heavy atom. The van der Waals surface area contributed by atoms with Crippen molar-refractivity contribution in [2.45, 2.75) is 6.54 Å². The second-order valence-corrected chi connectivity index (χ2v) is 3.89. The molecule has 14 heavy (non-hydrogen) atoms. The number of fused-ring (bicyclic) bond motifs is 1. The topological polar surface area (TPSA) is 43.3 Å². The average molecular weight is 205 g/mol. The van der Waals surface area contributed by atoms with Gasteiger partial charge in [-0.1, -0.05) is 29.5 Å². The van der Waals surface area contributed by atoms with E-state index in [-0.39, 0.29) is 0 Å². The molecule has 0 aliphatic heterocycles. The number of benzene rings is 1. The SMILES string of the molecule is C=CCn1c(=NN)sc2ccccc21. The smallest absolute Gasteiger partial charge is 0.208 e. The van der Waals surface area contributed by atoms with Gasteiger partial charge in [-0.05, 0) is 12.1 Å². The lowest BCUT2D eigenvalue weighted by Gasteiger charge is -1.98. The molecular formula is C10H11N3S. The van der Waals surface area contributed by atoms with Crippen LogP contribution in [0.2, 0.25) is 0 Å². The normalized spacial score (nSPS) is 12.1. The van der Waals surface area contributed by atoms with Crippen LogP contribution in [0.3, 0.4) is 0 Å². The summed E-state index contributed by atoms with van der Waals surface area (Å²) in [6.07, 6.45) is 1.84. The summed E-state index contributed by atoms with van der Waals surface area (Å²) in [4.78, 5) is 0.825. The molecule has 1 heterocycles. The van der Waals surface area contributed by atoms with Gasteiger partial charge in [-0.15, -0.1) is 6.58 Å². The third-order valence-corrected chi connectivity index (χ3v) is 3.08. The molecule has 2 aromatic rings. The summed E-state index contributed by atoms with van der Waals surface area (Å²) in [5.74, 6) is 5.33. The van der Waals surface area contributed by atoms with Gasteiger partial charge in [0.2, 0.25) is 4.80 Å². The molecule has 2 N–H and O–H groups in total. The molecule has 0 atom stereocenters. The number of rotatable bonds is 2. The zero-order chi connectivity index (χ0) is 9.97. The highest BCUT2D eigenvalue weighted by Gasteiger charge is 2.02. The maximum atomic E-state index is 5.33. The summed E-state index contributed by atoms with van der Waals surface area (Å²) >= 11 is 1.59. The fourth-order valence-electron chi connectivity index (χ4n) is 1.42. The highest BCUT2D eigenvalue weighted by Crippen LogP contribution is 2.16. The summed E-state index contributed by atoms with van der Waals surface area (Å²) < 4.78 is 3.24. The van der Waals surface area contributed by atoms with Crippen LogP contribution in [0.15, 0.2) is 42.0 Å². The van der Waals surface area contributed by atoms with Crippen LogP contribution >= 0.6 is 11.3 Å². The van der Waals surface area contributed by atoms with E-state index >= 15 is 0 Å². The van der Waals surface area contributed by atoms with E-state index in [0.29, 0.717) is 0 Å². The molecule has 0 saturated carbocycles. The third kappa shape index (κ3) is 1.33. The molecule has 0 fully saturated rings. The molecule has 0 bridgehead atoms. The molecule has 0 amide bonds. The fraction of sp³-hybridized carbons (Fsp3) is 0.100. The molecule has 0 unspecified atom stereocenters. The molecule has 3 nitrogen and oxygen atoms in total. The van der Waals surface area contributed by atoms with E-state index in [2.05, 4.69) is 23.8 Å². The molecule has 1 aromatic carbocycles. The zero-order valence-electron chi connectivity index (χ0n) is 7.68. The maximum Gasteiger partial charge on any atom is 0.208 e. The van der Waals surface area contributed by atoms with Crippen LogP contribution in [0.4, 0.5) is 0 Å². The summed E-state index contributed by atoms with van der Waals surface area (Å²) in [5.41, 5.74) is 1.15. The first-order valence-corrected chi connectivity index (χ1v) is 5.11. The van der Waals surface area contributed by atoms with Gasteiger partial charge in [-0.2, -0.15) is 5.10 Å². The molecule has 4 heteroatoms. The Hall–Kier alpha value is -1.55. The Morgan fingerprint density at radius 1 is 1.50 bits per heavy atom. The first kappa shape index (κ1) is 9.02. The highest BCUT2D eigenvalue weighted by atomic mass is 32.1. The van der Waals surface area contributed by atoms with Crippen molar-refractivity contribution in [1.29, 1.82) is 0 Å². The minimum Gasteiger partial charge on any atom is -0.320 e. The number of nitrogens with two attached hydrogens (primary N) is 1. The van der Waals surface area contributed by atoms with Gasteiger partial charge in [0.25, 0.3) is 0 Å². The van der Waals surface area contributed by atoms with Crippen LogP contribution in [0, 0.1) is 0 Å². The maximum absolute atomic E-state index is 5.33. The van der Waals surface area contributed by atoms with Gasteiger partial charge >= 0.3 is 0 Å². The van der Waals surface area contributed by atoms with Crippen molar-refractivity contribution in [3.05, 3.63) is 41.7 Å². The summed E-state index contributed by atoms with van der Waals surface area (Å²) in [6.45, 7) is 4.46. The van der Waals surface area contributed by atoms with E-state index in [4.69, 9.17) is 5.84 Å².